The molecule has 1 aromatic rings. The van der Waals surface area contributed by atoms with Gasteiger partial charge in [0, 0.05) is 5.56 Å². The number of aliphatic hydroxyl groups excluding tert-OH is 1. The van der Waals surface area contributed by atoms with Gasteiger partial charge in [-0.05, 0) is 19.1 Å². The maximum Gasteiger partial charge on any atom is 0.373 e. The Morgan fingerprint density at radius 2 is 1.85 bits per heavy atom. The Bertz CT molecular complexity index is 528. The SMILES string of the molecule is CCOC(=O)/C(O)=C/C=C(\OC)C(=O)c1ccccc1. The fourth-order valence-electron chi connectivity index (χ4n) is 1.40. The van der Waals surface area contributed by atoms with Crippen LogP contribution in [-0.4, -0.2) is 30.6 Å². The van der Waals surface area contributed by atoms with E-state index in [1.54, 1.807) is 37.3 Å². The van der Waals surface area contributed by atoms with Crippen LogP contribution >= 0.6 is 0 Å². The highest BCUT2D eigenvalue weighted by molar-refractivity contribution is 6.07. The van der Waals surface area contributed by atoms with Crippen LogP contribution in [0.5, 0.6) is 0 Å². The van der Waals surface area contributed by atoms with Crippen molar-refractivity contribution in [1.29, 1.82) is 0 Å². The molecule has 1 N–H and O–H groups in total. The van der Waals surface area contributed by atoms with Crippen molar-refractivity contribution in [2.45, 2.75) is 6.92 Å². The molecule has 5 nitrogen and oxygen atoms in total. The molecule has 0 unspecified atom stereocenters. The van der Waals surface area contributed by atoms with E-state index in [-0.39, 0.29) is 18.1 Å². The van der Waals surface area contributed by atoms with Crippen LogP contribution in [0.1, 0.15) is 17.3 Å². The first-order chi connectivity index (χ1) is 9.60. The zero-order valence-electron chi connectivity index (χ0n) is 11.3. The lowest BCUT2D eigenvalue weighted by Crippen LogP contribution is -2.08. The number of allylic oxidation sites excluding steroid dienone is 3. The smallest absolute Gasteiger partial charge is 0.373 e. The minimum absolute atomic E-state index is 0.00653. The minimum atomic E-state index is -0.855. The lowest BCUT2D eigenvalue weighted by atomic mass is 10.1. The van der Waals surface area contributed by atoms with Crippen LogP contribution in [-0.2, 0) is 14.3 Å². The number of benzene rings is 1. The summed E-state index contributed by atoms with van der Waals surface area (Å²) in [5, 5.41) is 9.42. The summed E-state index contributed by atoms with van der Waals surface area (Å²) in [6.45, 7) is 1.78. The quantitative estimate of drug-likeness (QED) is 0.284. The molecule has 0 spiro atoms. The Morgan fingerprint density at radius 1 is 1.20 bits per heavy atom. The van der Waals surface area contributed by atoms with Crippen LogP contribution in [0, 0.1) is 0 Å². The molecule has 5 heteroatoms. The van der Waals surface area contributed by atoms with Crippen molar-refractivity contribution in [3.8, 4) is 0 Å². The van der Waals surface area contributed by atoms with E-state index in [2.05, 4.69) is 4.74 Å². The van der Waals surface area contributed by atoms with Gasteiger partial charge < -0.3 is 14.6 Å². The zero-order valence-corrected chi connectivity index (χ0v) is 11.3. The van der Waals surface area contributed by atoms with Crippen LogP contribution in [0.3, 0.4) is 0 Å². The van der Waals surface area contributed by atoms with Crippen LogP contribution in [0.4, 0.5) is 0 Å². The average Bonchev–Trinajstić information content (AvgIpc) is 2.48. The monoisotopic (exact) mass is 276 g/mol. The Kier molecular flexibility index (Phi) is 6.03. The number of aliphatic hydroxyl groups is 1. The maximum atomic E-state index is 12.1. The topological polar surface area (TPSA) is 72.8 Å². The first-order valence-corrected chi connectivity index (χ1v) is 6.02. The van der Waals surface area contributed by atoms with E-state index in [0.717, 1.165) is 6.08 Å². The van der Waals surface area contributed by atoms with Crippen LogP contribution in [0.15, 0.2) is 54.0 Å². The number of methoxy groups -OCH3 is 1. The van der Waals surface area contributed by atoms with Crippen molar-refractivity contribution in [2.24, 2.45) is 0 Å². The van der Waals surface area contributed by atoms with Gasteiger partial charge in [-0.25, -0.2) is 4.79 Å². The van der Waals surface area contributed by atoms with Crippen molar-refractivity contribution in [3.05, 3.63) is 59.6 Å². The van der Waals surface area contributed by atoms with Gasteiger partial charge in [-0.15, -0.1) is 0 Å². The summed E-state index contributed by atoms with van der Waals surface area (Å²) in [6, 6.07) is 8.53. The molecule has 1 rings (SSSR count). The lowest BCUT2D eigenvalue weighted by Gasteiger charge is -2.04. The molecule has 1 aromatic carbocycles. The molecule has 0 aliphatic rings. The molecular formula is C15H16O5. The second-order valence-corrected chi connectivity index (χ2v) is 3.70. The highest BCUT2D eigenvalue weighted by Gasteiger charge is 2.12. The van der Waals surface area contributed by atoms with Gasteiger partial charge in [-0.1, -0.05) is 30.3 Å². The fraction of sp³-hybridized carbons (Fsp3) is 0.200. The van der Waals surface area contributed by atoms with Gasteiger partial charge in [-0.3, -0.25) is 4.79 Å². The van der Waals surface area contributed by atoms with Crippen LogP contribution < -0.4 is 0 Å². The molecule has 0 saturated heterocycles. The van der Waals surface area contributed by atoms with Gasteiger partial charge in [0.25, 0.3) is 0 Å². The normalized spacial score (nSPS) is 11.9. The number of ether oxygens (including phenoxy) is 2. The number of rotatable bonds is 6. The molecule has 0 aromatic heterocycles. The van der Waals surface area contributed by atoms with E-state index < -0.39 is 11.7 Å². The Hall–Kier alpha value is -2.56. The molecule has 0 bridgehead atoms. The van der Waals surface area contributed by atoms with Crippen LogP contribution in [0.2, 0.25) is 0 Å². The van der Waals surface area contributed by atoms with E-state index in [9.17, 15) is 14.7 Å². The summed E-state index contributed by atoms with van der Waals surface area (Å²) >= 11 is 0. The van der Waals surface area contributed by atoms with Crippen molar-refractivity contribution in [2.75, 3.05) is 13.7 Å². The van der Waals surface area contributed by atoms with Crippen molar-refractivity contribution >= 4 is 11.8 Å². The third-order valence-electron chi connectivity index (χ3n) is 2.36. The highest BCUT2D eigenvalue weighted by Crippen LogP contribution is 2.09. The molecule has 0 saturated carbocycles. The molecule has 0 fully saturated rings. The third-order valence-corrected chi connectivity index (χ3v) is 2.36. The number of hydrogen-bond acceptors (Lipinski definition) is 5. The fourth-order valence-corrected chi connectivity index (χ4v) is 1.40. The lowest BCUT2D eigenvalue weighted by molar-refractivity contribution is -0.141. The summed E-state index contributed by atoms with van der Waals surface area (Å²) in [6.07, 6.45) is 2.29. The van der Waals surface area contributed by atoms with Gasteiger partial charge in [0.05, 0.1) is 13.7 Å². The second-order valence-electron chi connectivity index (χ2n) is 3.70. The number of esters is 1. The van der Waals surface area contributed by atoms with Crippen molar-refractivity contribution < 1.29 is 24.2 Å². The van der Waals surface area contributed by atoms with Crippen molar-refractivity contribution in [1.82, 2.24) is 0 Å². The van der Waals surface area contributed by atoms with E-state index in [1.807, 2.05) is 0 Å². The van der Waals surface area contributed by atoms with Gasteiger partial charge in [-0.2, -0.15) is 0 Å². The number of ketones is 1. The second kappa shape index (κ2) is 7.78. The van der Waals surface area contributed by atoms with E-state index >= 15 is 0 Å². The zero-order chi connectivity index (χ0) is 15.0. The molecule has 0 amide bonds. The largest absolute Gasteiger partial charge is 0.502 e. The van der Waals surface area contributed by atoms with E-state index in [0.29, 0.717) is 5.56 Å². The summed E-state index contributed by atoms with van der Waals surface area (Å²) in [5.74, 6) is -1.79. The van der Waals surface area contributed by atoms with Crippen LogP contribution in [0.25, 0.3) is 0 Å². The molecular weight excluding hydrogens is 260 g/mol. The van der Waals surface area contributed by atoms with Gasteiger partial charge in [0.1, 0.15) is 0 Å². The molecule has 0 heterocycles. The van der Waals surface area contributed by atoms with Crippen molar-refractivity contribution in [3.63, 3.8) is 0 Å². The van der Waals surface area contributed by atoms with Gasteiger partial charge in [0.2, 0.25) is 11.5 Å². The highest BCUT2D eigenvalue weighted by atomic mass is 16.5. The van der Waals surface area contributed by atoms with E-state index in [4.69, 9.17) is 4.74 Å². The maximum absolute atomic E-state index is 12.1. The molecule has 0 atom stereocenters. The molecule has 0 radical (unpaired) electrons. The predicted octanol–water partition coefficient (Wildman–Crippen LogP) is 2.40. The predicted molar refractivity (Wildman–Crippen MR) is 73.2 cm³/mol. The minimum Gasteiger partial charge on any atom is -0.502 e. The van der Waals surface area contributed by atoms with E-state index in [1.165, 1.54) is 13.2 Å². The van der Waals surface area contributed by atoms with Gasteiger partial charge >= 0.3 is 5.97 Å². The Morgan fingerprint density at radius 3 is 2.40 bits per heavy atom. The summed E-state index contributed by atoms with van der Waals surface area (Å²) in [7, 11) is 1.34. The summed E-state index contributed by atoms with van der Waals surface area (Å²) in [4.78, 5) is 23.3. The average molecular weight is 276 g/mol. The first-order valence-electron chi connectivity index (χ1n) is 6.02. The number of carbonyl (C=O) groups excluding carboxylic acids is 2. The standard InChI is InChI=1S/C15H16O5/c1-3-20-15(18)12(16)9-10-13(19-2)14(17)11-7-5-4-6-8-11/h4-10,16H,3H2,1-2H3/b12-9-,13-10-. The molecule has 20 heavy (non-hydrogen) atoms. The third kappa shape index (κ3) is 4.28. The molecule has 0 aliphatic heterocycles. The number of carbonyl (C=O) groups is 2. The summed E-state index contributed by atoms with van der Waals surface area (Å²) in [5.41, 5.74) is 0.449. The Balaban J connectivity index is 2.91. The van der Waals surface area contributed by atoms with Gasteiger partial charge in [0.15, 0.2) is 5.76 Å². The Labute approximate surface area is 117 Å². The summed E-state index contributed by atoms with van der Waals surface area (Å²) < 4.78 is 9.56. The number of hydrogen-bond donors (Lipinski definition) is 1. The molecule has 0 aliphatic carbocycles. The number of Topliss-reactive ketones (excluding diaryl/α,β-unsaturated/α-hetero) is 1. The first kappa shape index (κ1) is 15.5. The molecule has 106 valence electrons.